The van der Waals surface area contributed by atoms with Gasteiger partial charge in [0.15, 0.2) is 5.82 Å². The van der Waals surface area contributed by atoms with Crippen LogP contribution in [0.1, 0.15) is 5.56 Å². The van der Waals surface area contributed by atoms with Gasteiger partial charge >= 0.3 is 0 Å². The van der Waals surface area contributed by atoms with Crippen molar-refractivity contribution in [2.75, 3.05) is 12.8 Å². The number of hydrogen-bond acceptors (Lipinski definition) is 5. The second kappa shape index (κ2) is 3.95. The van der Waals surface area contributed by atoms with Gasteiger partial charge in [-0.3, -0.25) is 0 Å². The van der Waals surface area contributed by atoms with Crippen molar-refractivity contribution in [3.63, 3.8) is 0 Å². The quantitative estimate of drug-likeness (QED) is 0.780. The Morgan fingerprint density at radius 3 is 3.07 bits per heavy atom. The molecule has 0 saturated heterocycles. The highest BCUT2D eigenvalue weighted by atomic mass is 16.5. The van der Waals surface area contributed by atoms with Gasteiger partial charge in [-0.2, -0.15) is 0 Å². The summed E-state index contributed by atoms with van der Waals surface area (Å²) in [5.41, 5.74) is 6.40. The first-order valence-electron chi connectivity index (χ1n) is 4.43. The fourth-order valence-electron chi connectivity index (χ4n) is 1.29. The van der Waals surface area contributed by atoms with E-state index in [2.05, 4.69) is 15.3 Å². The molecule has 2 aromatic heterocycles. The molecule has 0 saturated carbocycles. The zero-order chi connectivity index (χ0) is 10.7. The van der Waals surface area contributed by atoms with Gasteiger partial charge in [-0.1, -0.05) is 11.3 Å². The Bertz CT molecular complexity index is 453. The van der Waals surface area contributed by atoms with E-state index in [-0.39, 0.29) is 0 Å². The molecule has 0 atom stereocenters. The minimum absolute atomic E-state index is 0.401. The molecule has 0 aliphatic carbocycles. The Morgan fingerprint density at radius 1 is 1.53 bits per heavy atom. The third kappa shape index (κ3) is 2.04. The minimum atomic E-state index is 0.401. The molecule has 6 nitrogen and oxygen atoms in total. The van der Waals surface area contributed by atoms with E-state index in [9.17, 15) is 0 Å². The van der Waals surface area contributed by atoms with Gasteiger partial charge in [0.2, 0.25) is 5.88 Å². The average molecular weight is 205 g/mol. The highest BCUT2D eigenvalue weighted by Crippen LogP contribution is 2.14. The van der Waals surface area contributed by atoms with Crippen LogP contribution in [-0.2, 0) is 6.54 Å². The topological polar surface area (TPSA) is 78.9 Å². The lowest BCUT2D eigenvalue weighted by molar-refractivity contribution is 0.390. The van der Waals surface area contributed by atoms with Gasteiger partial charge in [0, 0.05) is 11.8 Å². The Labute approximate surface area is 86.7 Å². The predicted molar refractivity (Wildman–Crippen MR) is 54.3 cm³/mol. The lowest BCUT2D eigenvalue weighted by Crippen LogP contribution is -2.03. The van der Waals surface area contributed by atoms with Gasteiger partial charge in [0.05, 0.1) is 19.9 Å². The van der Waals surface area contributed by atoms with E-state index < -0.39 is 0 Å². The van der Waals surface area contributed by atoms with E-state index in [1.165, 1.54) is 0 Å². The van der Waals surface area contributed by atoms with E-state index in [0.29, 0.717) is 18.2 Å². The summed E-state index contributed by atoms with van der Waals surface area (Å²) in [6.45, 7) is 0.543. The highest BCUT2D eigenvalue weighted by molar-refractivity contribution is 5.26. The van der Waals surface area contributed by atoms with Gasteiger partial charge in [-0.25, -0.2) is 9.67 Å². The summed E-state index contributed by atoms with van der Waals surface area (Å²) in [5, 5.41) is 7.54. The van der Waals surface area contributed by atoms with Crippen molar-refractivity contribution in [2.45, 2.75) is 6.54 Å². The zero-order valence-electron chi connectivity index (χ0n) is 8.29. The second-order valence-corrected chi connectivity index (χ2v) is 3.01. The van der Waals surface area contributed by atoms with E-state index >= 15 is 0 Å². The number of ether oxygens (including phenoxy) is 1. The Hall–Kier alpha value is -2.11. The van der Waals surface area contributed by atoms with Crippen LogP contribution in [0.2, 0.25) is 0 Å². The Morgan fingerprint density at radius 2 is 2.40 bits per heavy atom. The predicted octanol–water partition coefficient (Wildman–Crippen LogP) is 0.312. The Balaban J connectivity index is 2.23. The van der Waals surface area contributed by atoms with Gasteiger partial charge in [0.25, 0.3) is 0 Å². The number of nitrogen functional groups attached to an aromatic ring is 1. The lowest BCUT2D eigenvalue weighted by atomic mass is 10.3. The van der Waals surface area contributed by atoms with E-state index in [1.807, 2.05) is 12.1 Å². The van der Waals surface area contributed by atoms with Crippen molar-refractivity contribution in [1.82, 2.24) is 20.0 Å². The summed E-state index contributed by atoms with van der Waals surface area (Å²) in [5.74, 6) is 0.990. The van der Waals surface area contributed by atoms with Crippen LogP contribution in [0.25, 0.3) is 0 Å². The van der Waals surface area contributed by atoms with Crippen LogP contribution < -0.4 is 10.5 Å². The van der Waals surface area contributed by atoms with Crippen molar-refractivity contribution >= 4 is 5.82 Å². The van der Waals surface area contributed by atoms with Gasteiger partial charge < -0.3 is 10.5 Å². The molecule has 0 amide bonds. The number of nitrogens with zero attached hydrogens (tertiary/aromatic N) is 4. The minimum Gasteiger partial charge on any atom is -0.481 e. The molecule has 0 spiro atoms. The number of pyridine rings is 1. The molecule has 2 rings (SSSR count). The molecule has 0 aliphatic rings. The van der Waals surface area contributed by atoms with Crippen molar-refractivity contribution in [3.05, 3.63) is 30.1 Å². The van der Waals surface area contributed by atoms with Crippen LogP contribution in [0.15, 0.2) is 24.5 Å². The van der Waals surface area contributed by atoms with Crippen LogP contribution in [0.4, 0.5) is 5.82 Å². The van der Waals surface area contributed by atoms with Gasteiger partial charge in [-0.05, 0) is 6.07 Å². The van der Waals surface area contributed by atoms with Crippen molar-refractivity contribution in [2.24, 2.45) is 0 Å². The molecule has 15 heavy (non-hydrogen) atoms. The number of anilines is 1. The monoisotopic (exact) mass is 205 g/mol. The average Bonchev–Trinajstić information content (AvgIpc) is 2.65. The van der Waals surface area contributed by atoms with Crippen LogP contribution in [0, 0.1) is 0 Å². The zero-order valence-corrected chi connectivity index (χ0v) is 8.29. The molecule has 0 aliphatic heterocycles. The van der Waals surface area contributed by atoms with E-state index in [4.69, 9.17) is 10.5 Å². The van der Waals surface area contributed by atoms with Gasteiger partial charge in [-0.15, -0.1) is 5.10 Å². The standard InChI is InChI=1S/C9H11N5O/c1-15-9-7(3-2-4-11-9)5-14-6-8(10)12-13-14/h2-4,6H,5,10H2,1H3. The van der Waals surface area contributed by atoms with Crippen molar-refractivity contribution in [1.29, 1.82) is 0 Å². The third-order valence-corrected chi connectivity index (χ3v) is 1.93. The molecule has 0 aromatic carbocycles. The maximum atomic E-state index is 5.46. The molecular formula is C9H11N5O. The van der Waals surface area contributed by atoms with Crippen LogP contribution in [-0.4, -0.2) is 27.1 Å². The molecule has 2 aromatic rings. The van der Waals surface area contributed by atoms with Crippen LogP contribution >= 0.6 is 0 Å². The molecule has 2 heterocycles. The van der Waals surface area contributed by atoms with Crippen LogP contribution in [0.3, 0.4) is 0 Å². The highest BCUT2D eigenvalue weighted by Gasteiger charge is 2.04. The number of nitrogens with two attached hydrogens (primary N) is 1. The number of rotatable bonds is 3. The van der Waals surface area contributed by atoms with Crippen LogP contribution in [0.5, 0.6) is 5.88 Å². The lowest BCUT2D eigenvalue weighted by Gasteiger charge is -2.05. The maximum absolute atomic E-state index is 5.46. The normalized spacial score (nSPS) is 10.2. The Kier molecular flexibility index (Phi) is 2.49. The summed E-state index contributed by atoms with van der Waals surface area (Å²) in [7, 11) is 1.58. The largest absolute Gasteiger partial charge is 0.481 e. The number of hydrogen-bond donors (Lipinski definition) is 1. The second-order valence-electron chi connectivity index (χ2n) is 3.01. The molecular weight excluding hydrogens is 194 g/mol. The third-order valence-electron chi connectivity index (χ3n) is 1.93. The fraction of sp³-hybridized carbons (Fsp3) is 0.222. The summed E-state index contributed by atoms with van der Waals surface area (Å²) in [6, 6.07) is 3.77. The molecule has 0 bridgehead atoms. The smallest absolute Gasteiger partial charge is 0.218 e. The molecule has 2 N–H and O–H groups in total. The maximum Gasteiger partial charge on any atom is 0.218 e. The molecule has 78 valence electrons. The summed E-state index contributed by atoms with van der Waals surface area (Å²) >= 11 is 0. The first kappa shape index (κ1) is 9.45. The molecule has 0 unspecified atom stereocenters. The summed E-state index contributed by atoms with van der Waals surface area (Å²) in [4.78, 5) is 4.09. The number of aromatic nitrogens is 4. The van der Waals surface area contributed by atoms with E-state index in [0.717, 1.165) is 5.56 Å². The fourth-order valence-corrected chi connectivity index (χ4v) is 1.29. The molecule has 0 radical (unpaired) electrons. The van der Waals surface area contributed by atoms with Crippen molar-refractivity contribution < 1.29 is 4.74 Å². The molecule has 6 heteroatoms. The summed E-state index contributed by atoms with van der Waals surface area (Å²) < 4.78 is 6.75. The van der Waals surface area contributed by atoms with E-state index in [1.54, 1.807) is 24.2 Å². The number of methoxy groups -OCH3 is 1. The summed E-state index contributed by atoms with van der Waals surface area (Å²) in [6.07, 6.45) is 3.34. The van der Waals surface area contributed by atoms with Gasteiger partial charge in [0.1, 0.15) is 0 Å². The SMILES string of the molecule is COc1ncccc1Cn1cc(N)nn1. The first-order chi connectivity index (χ1) is 7.29. The molecule has 0 fully saturated rings. The van der Waals surface area contributed by atoms with Crippen molar-refractivity contribution in [3.8, 4) is 5.88 Å². The first-order valence-corrected chi connectivity index (χ1v) is 4.43.